The standard InChI is InChI=1S/C24H28N2O6/c1-12(27)26-20-16(4-5-17(30-3)21(20)29)24-7-8-25-11-14-6-9-31-23(32-13(2)28)19(22(24)26)15(14)10-18(24)25/h4-6,15,18-19,22-23,29H,7-11H2,1-3H3. The van der Waals surface area contributed by atoms with Crippen LogP contribution in [0.3, 0.4) is 0 Å². The van der Waals surface area contributed by atoms with Gasteiger partial charge in [-0.2, -0.15) is 0 Å². The minimum absolute atomic E-state index is 0.00804. The van der Waals surface area contributed by atoms with Crippen LogP contribution < -0.4 is 9.64 Å². The van der Waals surface area contributed by atoms with Crippen molar-refractivity contribution >= 4 is 17.6 Å². The van der Waals surface area contributed by atoms with Gasteiger partial charge < -0.3 is 24.2 Å². The van der Waals surface area contributed by atoms with Gasteiger partial charge in [-0.1, -0.05) is 17.7 Å². The summed E-state index contributed by atoms with van der Waals surface area (Å²) in [5, 5.41) is 11.2. The number of hydrogen-bond donors (Lipinski definition) is 1. The summed E-state index contributed by atoms with van der Waals surface area (Å²) in [6.07, 6.45) is 3.17. The number of phenolic OH excluding ortho intramolecular Hbond substituents is 1. The molecule has 0 radical (unpaired) electrons. The molecule has 5 aliphatic rings. The number of nitrogens with zero attached hydrogens (tertiary/aromatic N) is 2. The van der Waals surface area contributed by atoms with Crippen LogP contribution in [0, 0.1) is 11.8 Å². The Bertz CT molecular complexity index is 1050. The summed E-state index contributed by atoms with van der Waals surface area (Å²) in [5.41, 5.74) is 2.47. The Morgan fingerprint density at radius 1 is 1.28 bits per heavy atom. The molecule has 1 aromatic rings. The van der Waals surface area contributed by atoms with Crippen molar-refractivity contribution < 1.29 is 28.9 Å². The fourth-order valence-electron chi connectivity index (χ4n) is 7.49. The van der Waals surface area contributed by atoms with Crippen molar-refractivity contribution in [2.45, 2.75) is 50.5 Å². The first-order valence-corrected chi connectivity index (χ1v) is 11.3. The number of ether oxygens (including phenoxy) is 3. The number of carbonyl (C=O) groups is 2. The second kappa shape index (κ2) is 6.71. The molecule has 2 saturated heterocycles. The number of piperidine rings is 1. The Kier molecular flexibility index (Phi) is 4.21. The topological polar surface area (TPSA) is 88.5 Å². The fraction of sp³-hybridized carbons (Fsp3) is 0.583. The first kappa shape index (κ1) is 20.1. The molecule has 6 atom stereocenters. The van der Waals surface area contributed by atoms with Gasteiger partial charge in [0.1, 0.15) is 0 Å². The van der Waals surface area contributed by atoms with Crippen LogP contribution in [0.4, 0.5) is 5.69 Å². The Morgan fingerprint density at radius 3 is 2.81 bits per heavy atom. The van der Waals surface area contributed by atoms with Crippen LogP contribution in [0.5, 0.6) is 11.5 Å². The van der Waals surface area contributed by atoms with Crippen LogP contribution in [0.25, 0.3) is 0 Å². The molecule has 6 rings (SSSR count). The van der Waals surface area contributed by atoms with Crippen LogP contribution >= 0.6 is 0 Å². The summed E-state index contributed by atoms with van der Waals surface area (Å²) in [6.45, 7) is 5.10. The van der Waals surface area contributed by atoms with Crippen LogP contribution in [0.15, 0.2) is 23.8 Å². The summed E-state index contributed by atoms with van der Waals surface area (Å²) < 4.78 is 17.2. The van der Waals surface area contributed by atoms with E-state index in [1.54, 1.807) is 11.0 Å². The summed E-state index contributed by atoms with van der Waals surface area (Å²) in [6, 6.07) is 3.77. The van der Waals surface area contributed by atoms with Crippen molar-refractivity contribution in [3.63, 3.8) is 0 Å². The second-order valence-corrected chi connectivity index (χ2v) is 9.63. The molecule has 0 aromatic heterocycles. The zero-order valence-corrected chi connectivity index (χ0v) is 18.5. The lowest BCUT2D eigenvalue weighted by atomic mass is 9.55. The Balaban J connectivity index is 1.62. The van der Waals surface area contributed by atoms with Crippen molar-refractivity contribution in [1.29, 1.82) is 0 Å². The summed E-state index contributed by atoms with van der Waals surface area (Å²) in [5.74, 6) is -0.270. The van der Waals surface area contributed by atoms with Gasteiger partial charge in [0.15, 0.2) is 11.5 Å². The molecule has 8 nitrogen and oxygen atoms in total. The van der Waals surface area contributed by atoms with E-state index < -0.39 is 12.3 Å². The van der Waals surface area contributed by atoms with Gasteiger partial charge >= 0.3 is 5.97 Å². The minimum atomic E-state index is -0.749. The second-order valence-electron chi connectivity index (χ2n) is 9.63. The van der Waals surface area contributed by atoms with Crippen molar-refractivity contribution in [2.75, 3.05) is 31.7 Å². The zero-order valence-electron chi connectivity index (χ0n) is 18.5. The van der Waals surface area contributed by atoms with E-state index in [1.807, 2.05) is 6.07 Å². The fourth-order valence-corrected chi connectivity index (χ4v) is 7.49. The van der Waals surface area contributed by atoms with Crippen LogP contribution in [-0.2, 0) is 24.5 Å². The molecule has 4 heterocycles. The highest BCUT2D eigenvalue weighted by atomic mass is 16.7. The van der Waals surface area contributed by atoms with Gasteiger partial charge in [-0.25, -0.2) is 0 Å². The van der Waals surface area contributed by atoms with E-state index in [0.717, 1.165) is 31.5 Å². The molecule has 2 bridgehead atoms. The molecular weight excluding hydrogens is 412 g/mol. The quantitative estimate of drug-likeness (QED) is 0.555. The number of rotatable bonds is 2. The number of amides is 1. The number of hydrogen-bond acceptors (Lipinski definition) is 7. The van der Waals surface area contributed by atoms with Crippen molar-refractivity contribution in [1.82, 2.24) is 4.90 Å². The zero-order chi connectivity index (χ0) is 22.4. The maximum Gasteiger partial charge on any atom is 0.304 e. The van der Waals surface area contributed by atoms with Crippen LogP contribution in [0.2, 0.25) is 0 Å². The Labute approximate surface area is 186 Å². The summed E-state index contributed by atoms with van der Waals surface area (Å²) in [4.78, 5) is 29.5. The molecule has 170 valence electrons. The Morgan fingerprint density at radius 2 is 2.09 bits per heavy atom. The molecule has 1 N–H and O–H groups in total. The number of anilines is 1. The normalized spacial score (nSPS) is 36.7. The average Bonchev–Trinajstić information content (AvgIpc) is 3.22. The lowest BCUT2D eigenvalue weighted by Crippen LogP contribution is -2.66. The highest BCUT2D eigenvalue weighted by Crippen LogP contribution is 2.66. The SMILES string of the molecule is COc1ccc2c(c1O)N(C(C)=O)C1C3C(OC(C)=O)OCC=C4CN5CCC21C5CC43. The molecule has 32 heavy (non-hydrogen) atoms. The molecule has 1 saturated carbocycles. The first-order chi connectivity index (χ1) is 15.4. The maximum atomic E-state index is 13.2. The molecule has 1 aromatic carbocycles. The lowest BCUT2D eigenvalue weighted by molar-refractivity contribution is -0.197. The number of carbonyl (C=O) groups excluding carboxylic acids is 2. The predicted octanol–water partition coefficient (Wildman–Crippen LogP) is 1.94. The monoisotopic (exact) mass is 440 g/mol. The molecular formula is C24H28N2O6. The van der Waals surface area contributed by atoms with E-state index in [0.29, 0.717) is 18.0 Å². The number of benzene rings is 1. The number of methoxy groups -OCH3 is 1. The molecule has 3 fully saturated rings. The van der Waals surface area contributed by atoms with E-state index in [2.05, 4.69) is 11.0 Å². The van der Waals surface area contributed by atoms with Crippen molar-refractivity contribution in [3.05, 3.63) is 29.3 Å². The maximum absolute atomic E-state index is 13.2. The van der Waals surface area contributed by atoms with E-state index in [4.69, 9.17) is 14.2 Å². The molecule has 4 aliphatic heterocycles. The first-order valence-electron chi connectivity index (χ1n) is 11.3. The van der Waals surface area contributed by atoms with E-state index in [-0.39, 0.29) is 41.0 Å². The average molecular weight is 440 g/mol. The highest BCUT2D eigenvalue weighted by Gasteiger charge is 2.70. The minimum Gasteiger partial charge on any atom is -0.503 e. The smallest absolute Gasteiger partial charge is 0.304 e. The van der Waals surface area contributed by atoms with E-state index >= 15 is 0 Å². The van der Waals surface area contributed by atoms with Gasteiger partial charge in [0.05, 0.1) is 31.4 Å². The predicted molar refractivity (Wildman–Crippen MR) is 114 cm³/mol. The molecule has 6 unspecified atom stereocenters. The number of esters is 1. The van der Waals surface area contributed by atoms with Crippen LogP contribution in [-0.4, -0.2) is 67.1 Å². The largest absolute Gasteiger partial charge is 0.503 e. The van der Waals surface area contributed by atoms with Gasteiger partial charge in [-0.15, -0.1) is 0 Å². The highest BCUT2D eigenvalue weighted by molar-refractivity contribution is 5.99. The number of aromatic hydroxyl groups is 1. The summed E-state index contributed by atoms with van der Waals surface area (Å²) >= 11 is 0. The molecule has 1 amide bonds. The summed E-state index contributed by atoms with van der Waals surface area (Å²) in [7, 11) is 1.51. The Hall–Kier alpha value is -2.58. The van der Waals surface area contributed by atoms with Crippen LogP contribution in [0.1, 0.15) is 32.3 Å². The number of phenols is 1. The van der Waals surface area contributed by atoms with Gasteiger partial charge in [0.2, 0.25) is 12.2 Å². The van der Waals surface area contributed by atoms with Gasteiger partial charge in [-0.05, 0) is 36.9 Å². The van der Waals surface area contributed by atoms with Gasteiger partial charge in [0.25, 0.3) is 0 Å². The molecule has 1 spiro atoms. The molecule has 8 heteroatoms. The van der Waals surface area contributed by atoms with Crippen molar-refractivity contribution in [2.24, 2.45) is 11.8 Å². The van der Waals surface area contributed by atoms with E-state index in [9.17, 15) is 14.7 Å². The third kappa shape index (κ3) is 2.34. The third-order valence-corrected chi connectivity index (χ3v) is 8.44. The van der Waals surface area contributed by atoms with E-state index in [1.165, 1.54) is 26.5 Å². The molecule has 1 aliphatic carbocycles. The lowest BCUT2D eigenvalue weighted by Gasteiger charge is -2.56. The van der Waals surface area contributed by atoms with Gasteiger partial charge in [0, 0.05) is 31.8 Å². The van der Waals surface area contributed by atoms with Crippen molar-refractivity contribution in [3.8, 4) is 11.5 Å². The third-order valence-electron chi connectivity index (χ3n) is 8.44. The number of fused-ring (bicyclic) bond motifs is 2. The van der Waals surface area contributed by atoms with Gasteiger partial charge in [-0.3, -0.25) is 14.5 Å².